The normalized spacial score (nSPS) is 13.8. The van der Waals surface area contributed by atoms with Gasteiger partial charge in [0.1, 0.15) is 9.75 Å². The van der Waals surface area contributed by atoms with Crippen LogP contribution in [0, 0.1) is 0 Å². The van der Waals surface area contributed by atoms with Gasteiger partial charge in [0.2, 0.25) is 0 Å². The number of carbonyl (C=O) groups is 2. The van der Waals surface area contributed by atoms with Gasteiger partial charge in [-0.15, -0.1) is 22.7 Å². The SMILES string of the molecule is O=C(O)c1cc2cc(S(=O)(=O)N(CCc3ccccc3)c3ccccc3N3CCN(C(=O)c4sccc4Br)CC3)ccc2s1. The standard InChI is InChI=1S/C32H28BrN3O5S3/c33-25-13-19-42-30(25)31(37)35-17-15-34(16-18-35)26-8-4-5-9-27(26)36(14-12-22-6-2-1-3-7-22)44(40,41)24-10-11-28-23(20-24)21-29(43-28)32(38)39/h1-11,13,19-21H,12,14-18H2,(H,38,39). The number of sulfonamides is 1. The number of thiophene rings is 2. The molecule has 1 aliphatic heterocycles. The highest BCUT2D eigenvalue weighted by molar-refractivity contribution is 9.10. The van der Waals surface area contributed by atoms with Gasteiger partial charge in [-0.05, 0) is 81.1 Å². The second-order valence-corrected chi connectivity index (χ2v) is 15.0. The monoisotopic (exact) mass is 709 g/mol. The van der Waals surface area contributed by atoms with Crippen molar-refractivity contribution >= 4 is 82.0 Å². The molecular weight excluding hydrogens is 682 g/mol. The van der Waals surface area contributed by atoms with E-state index in [2.05, 4.69) is 20.8 Å². The van der Waals surface area contributed by atoms with Gasteiger partial charge in [-0.1, -0.05) is 42.5 Å². The second-order valence-electron chi connectivity index (χ2n) is 10.3. The van der Waals surface area contributed by atoms with Crippen LogP contribution in [0.2, 0.25) is 0 Å². The number of carboxylic acid groups (broad SMARTS) is 1. The van der Waals surface area contributed by atoms with E-state index in [0.29, 0.717) is 53.3 Å². The van der Waals surface area contributed by atoms with Gasteiger partial charge in [-0.3, -0.25) is 9.10 Å². The summed E-state index contributed by atoms with van der Waals surface area (Å²) >= 11 is 5.99. The molecule has 0 radical (unpaired) electrons. The summed E-state index contributed by atoms with van der Waals surface area (Å²) < 4.78 is 31.8. The van der Waals surface area contributed by atoms with Crippen LogP contribution < -0.4 is 9.21 Å². The molecule has 3 heterocycles. The Morgan fingerprint density at radius 2 is 1.64 bits per heavy atom. The molecule has 226 valence electrons. The molecule has 3 aromatic carbocycles. The number of piperazine rings is 1. The van der Waals surface area contributed by atoms with Crippen molar-refractivity contribution in [3.05, 3.63) is 110 Å². The summed E-state index contributed by atoms with van der Waals surface area (Å²) in [5.41, 5.74) is 2.34. The number of carboxylic acids is 1. The van der Waals surface area contributed by atoms with Crippen molar-refractivity contribution in [1.29, 1.82) is 0 Å². The molecule has 0 spiro atoms. The number of aromatic carboxylic acids is 1. The van der Waals surface area contributed by atoms with E-state index in [9.17, 15) is 23.1 Å². The van der Waals surface area contributed by atoms with Crippen molar-refractivity contribution in [2.24, 2.45) is 0 Å². The number of nitrogens with zero attached hydrogens (tertiary/aromatic N) is 3. The lowest BCUT2D eigenvalue weighted by Gasteiger charge is -2.38. The lowest BCUT2D eigenvalue weighted by Crippen LogP contribution is -2.49. The number of amides is 1. The Morgan fingerprint density at radius 1 is 0.909 bits per heavy atom. The molecule has 8 nitrogen and oxygen atoms in total. The average molecular weight is 711 g/mol. The number of halogens is 1. The van der Waals surface area contributed by atoms with Crippen molar-refractivity contribution in [3.8, 4) is 0 Å². The van der Waals surface area contributed by atoms with E-state index in [0.717, 1.165) is 27.1 Å². The summed E-state index contributed by atoms with van der Waals surface area (Å²) in [5, 5.41) is 11.9. The van der Waals surface area contributed by atoms with Crippen molar-refractivity contribution in [2.75, 3.05) is 41.9 Å². The van der Waals surface area contributed by atoms with Crippen LogP contribution in [0.1, 0.15) is 24.9 Å². The molecule has 1 N–H and O–H groups in total. The fraction of sp³-hybridized carbons (Fsp3) is 0.188. The molecule has 5 aromatic rings. The van der Waals surface area contributed by atoms with Crippen LogP contribution in [-0.2, 0) is 16.4 Å². The number of rotatable bonds is 9. The first-order valence-corrected chi connectivity index (χ1v) is 17.8. The summed E-state index contributed by atoms with van der Waals surface area (Å²) in [6.07, 6.45) is 0.496. The number of hydrogen-bond donors (Lipinski definition) is 1. The van der Waals surface area contributed by atoms with Gasteiger partial charge in [-0.2, -0.15) is 0 Å². The Kier molecular flexibility index (Phi) is 8.77. The van der Waals surface area contributed by atoms with E-state index in [1.807, 2.05) is 70.9 Å². The molecule has 0 unspecified atom stereocenters. The lowest BCUT2D eigenvalue weighted by molar-refractivity contribution is 0.0700. The molecule has 6 rings (SSSR count). The zero-order valence-corrected chi connectivity index (χ0v) is 27.5. The van der Waals surface area contributed by atoms with Gasteiger partial charge in [0.25, 0.3) is 15.9 Å². The van der Waals surface area contributed by atoms with E-state index in [4.69, 9.17) is 0 Å². The lowest BCUT2D eigenvalue weighted by atomic mass is 10.1. The predicted molar refractivity (Wildman–Crippen MR) is 180 cm³/mol. The third-order valence-corrected chi connectivity index (χ3v) is 12.3. The maximum absolute atomic E-state index is 14.4. The maximum Gasteiger partial charge on any atom is 0.345 e. The molecule has 0 saturated carbocycles. The molecule has 0 aliphatic carbocycles. The minimum absolute atomic E-state index is 0.0123. The van der Waals surface area contributed by atoms with Gasteiger partial charge in [0.05, 0.1) is 16.3 Å². The third-order valence-electron chi connectivity index (χ3n) is 7.60. The summed E-state index contributed by atoms with van der Waals surface area (Å²) in [4.78, 5) is 29.5. The molecule has 44 heavy (non-hydrogen) atoms. The minimum Gasteiger partial charge on any atom is -0.477 e. The fourth-order valence-corrected chi connectivity index (χ4v) is 9.25. The number of anilines is 2. The van der Waals surface area contributed by atoms with Gasteiger partial charge in [0.15, 0.2) is 0 Å². The second kappa shape index (κ2) is 12.7. The summed E-state index contributed by atoms with van der Waals surface area (Å²) in [6.45, 7) is 2.33. The Hall–Kier alpha value is -3.71. The summed E-state index contributed by atoms with van der Waals surface area (Å²) in [5.74, 6) is -1.06. The van der Waals surface area contributed by atoms with Crippen LogP contribution in [-0.4, -0.2) is 63.0 Å². The van der Waals surface area contributed by atoms with Crippen LogP contribution in [0.4, 0.5) is 11.4 Å². The molecule has 12 heteroatoms. The van der Waals surface area contributed by atoms with Gasteiger partial charge in [-0.25, -0.2) is 13.2 Å². The molecular formula is C32H28BrN3O5S3. The predicted octanol–water partition coefficient (Wildman–Crippen LogP) is 6.82. The maximum atomic E-state index is 14.4. The highest BCUT2D eigenvalue weighted by Crippen LogP contribution is 2.36. The number of hydrogen-bond acceptors (Lipinski definition) is 7. The number of fused-ring (bicyclic) bond motifs is 1. The number of carbonyl (C=O) groups excluding carboxylic acids is 1. The van der Waals surface area contributed by atoms with Crippen molar-refractivity contribution in [3.63, 3.8) is 0 Å². The van der Waals surface area contributed by atoms with E-state index in [1.165, 1.54) is 21.7 Å². The van der Waals surface area contributed by atoms with Crippen LogP contribution in [0.3, 0.4) is 0 Å². The Labute approximate surface area is 272 Å². The Bertz CT molecular complexity index is 1930. The van der Waals surface area contributed by atoms with Gasteiger partial charge in [0, 0.05) is 41.9 Å². The highest BCUT2D eigenvalue weighted by atomic mass is 79.9. The zero-order chi connectivity index (χ0) is 30.8. The Morgan fingerprint density at radius 3 is 2.34 bits per heavy atom. The zero-order valence-electron chi connectivity index (χ0n) is 23.4. The van der Waals surface area contributed by atoms with Crippen LogP contribution in [0.25, 0.3) is 10.1 Å². The molecule has 0 atom stereocenters. The van der Waals surface area contributed by atoms with Crippen molar-refractivity contribution < 1.29 is 23.1 Å². The first-order chi connectivity index (χ1) is 21.2. The summed E-state index contributed by atoms with van der Waals surface area (Å²) in [7, 11) is -4.05. The van der Waals surface area contributed by atoms with Crippen LogP contribution >= 0.6 is 38.6 Å². The smallest absolute Gasteiger partial charge is 0.345 e. The molecule has 1 aliphatic rings. The third kappa shape index (κ3) is 6.12. The highest BCUT2D eigenvalue weighted by Gasteiger charge is 2.31. The van der Waals surface area contributed by atoms with Crippen molar-refractivity contribution in [2.45, 2.75) is 11.3 Å². The number of para-hydroxylation sites is 2. The molecule has 1 fully saturated rings. The minimum atomic E-state index is -4.05. The van der Waals surface area contributed by atoms with Crippen molar-refractivity contribution in [1.82, 2.24) is 4.90 Å². The molecule has 1 saturated heterocycles. The number of benzene rings is 3. The largest absolute Gasteiger partial charge is 0.477 e. The fourth-order valence-electron chi connectivity index (χ4n) is 5.34. The van der Waals surface area contributed by atoms with E-state index < -0.39 is 16.0 Å². The molecule has 0 bridgehead atoms. The van der Waals surface area contributed by atoms with E-state index in [1.54, 1.807) is 18.2 Å². The van der Waals surface area contributed by atoms with Gasteiger partial charge < -0.3 is 14.9 Å². The topological polar surface area (TPSA) is 98.2 Å². The quantitative estimate of drug-likeness (QED) is 0.180. The van der Waals surface area contributed by atoms with E-state index >= 15 is 0 Å². The van der Waals surface area contributed by atoms with Crippen LogP contribution in [0.5, 0.6) is 0 Å². The van der Waals surface area contributed by atoms with Gasteiger partial charge >= 0.3 is 5.97 Å². The Balaban J connectivity index is 1.33. The average Bonchev–Trinajstić information content (AvgIpc) is 3.67. The summed E-state index contributed by atoms with van der Waals surface area (Å²) in [6, 6.07) is 25.4. The molecule has 2 aromatic heterocycles. The van der Waals surface area contributed by atoms with Crippen LogP contribution in [0.15, 0.2) is 99.7 Å². The molecule has 1 amide bonds. The van der Waals surface area contributed by atoms with E-state index in [-0.39, 0.29) is 22.2 Å². The first kappa shape index (κ1) is 30.3. The first-order valence-electron chi connectivity index (χ1n) is 13.9.